The van der Waals surface area contributed by atoms with Crippen LogP contribution in [0.25, 0.3) is 0 Å². The number of benzene rings is 1. The molecule has 1 aliphatic rings. The minimum absolute atomic E-state index is 0.0522. The quantitative estimate of drug-likeness (QED) is 0.928. The highest BCUT2D eigenvalue weighted by Crippen LogP contribution is 2.20. The molecule has 6 heteroatoms. The molecule has 1 saturated carbocycles. The molecule has 1 aliphatic carbocycles. The average molecular weight is 313 g/mol. The summed E-state index contributed by atoms with van der Waals surface area (Å²) in [5.74, 6) is -1.14. The second-order valence-electron chi connectivity index (χ2n) is 5.49. The van der Waals surface area contributed by atoms with Gasteiger partial charge in [0.05, 0.1) is 4.90 Å². The molecular weight excluding hydrogens is 293 g/mol. The van der Waals surface area contributed by atoms with Gasteiger partial charge in [0.25, 0.3) is 0 Å². The van der Waals surface area contributed by atoms with Crippen LogP contribution in [0.5, 0.6) is 0 Å². The van der Waals surface area contributed by atoms with E-state index < -0.39 is 26.8 Å². The fourth-order valence-corrected chi connectivity index (χ4v) is 3.86. The van der Waals surface area contributed by atoms with Crippen LogP contribution in [0.15, 0.2) is 29.2 Å². The van der Waals surface area contributed by atoms with E-state index in [2.05, 4.69) is 5.32 Å². The van der Waals surface area contributed by atoms with Crippen molar-refractivity contribution >= 4 is 15.7 Å². The maximum Gasteiger partial charge on any atom is 0.238 e. The Morgan fingerprint density at radius 3 is 2.57 bits per heavy atom. The molecule has 0 spiro atoms. The van der Waals surface area contributed by atoms with Gasteiger partial charge in [0, 0.05) is 6.04 Å². The minimum Gasteiger partial charge on any atom is -0.352 e. The van der Waals surface area contributed by atoms with Gasteiger partial charge in [-0.15, -0.1) is 0 Å². The van der Waals surface area contributed by atoms with Crippen LogP contribution in [0, 0.1) is 5.82 Å². The maximum absolute atomic E-state index is 13.2. The second-order valence-corrected chi connectivity index (χ2v) is 7.76. The molecule has 1 fully saturated rings. The summed E-state index contributed by atoms with van der Waals surface area (Å²) in [5.41, 5.74) is 0. The highest BCUT2D eigenvalue weighted by atomic mass is 32.2. The van der Waals surface area contributed by atoms with Gasteiger partial charge in [-0.3, -0.25) is 4.79 Å². The molecule has 0 bridgehead atoms. The first-order valence-electron chi connectivity index (χ1n) is 7.21. The largest absolute Gasteiger partial charge is 0.352 e. The molecule has 1 amide bonds. The lowest BCUT2D eigenvalue weighted by Crippen LogP contribution is -2.44. The maximum atomic E-state index is 13.2. The zero-order valence-electron chi connectivity index (χ0n) is 12.0. The van der Waals surface area contributed by atoms with E-state index in [1.54, 1.807) is 0 Å². The zero-order chi connectivity index (χ0) is 15.5. The van der Waals surface area contributed by atoms with Crippen LogP contribution < -0.4 is 5.32 Å². The molecule has 0 aromatic heterocycles. The van der Waals surface area contributed by atoms with E-state index in [0.29, 0.717) is 0 Å². The summed E-state index contributed by atoms with van der Waals surface area (Å²) in [5, 5.41) is 1.58. The molecule has 0 saturated heterocycles. The lowest BCUT2D eigenvalue weighted by molar-refractivity contribution is -0.121. The summed E-state index contributed by atoms with van der Waals surface area (Å²) in [4.78, 5) is 12.0. The Kier molecular flexibility index (Phi) is 4.98. The van der Waals surface area contributed by atoms with Crippen LogP contribution in [-0.4, -0.2) is 25.6 Å². The van der Waals surface area contributed by atoms with Crippen molar-refractivity contribution in [2.45, 2.75) is 55.2 Å². The molecule has 1 atom stereocenters. The van der Waals surface area contributed by atoms with Gasteiger partial charge in [-0.2, -0.15) is 0 Å². The van der Waals surface area contributed by atoms with Crippen LogP contribution >= 0.6 is 0 Å². The molecule has 1 aromatic rings. The Hall–Kier alpha value is -1.43. The van der Waals surface area contributed by atoms with Crippen molar-refractivity contribution in [1.82, 2.24) is 5.32 Å². The Labute approximate surface area is 124 Å². The number of halogens is 1. The van der Waals surface area contributed by atoms with Crippen molar-refractivity contribution in [2.75, 3.05) is 0 Å². The number of carbonyl (C=O) groups excluding carboxylic acids is 1. The van der Waals surface area contributed by atoms with Crippen LogP contribution in [0.1, 0.15) is 39.0 Å². The fourth-order valence-electron chi connectivity index (χ4n) is 2.55. The topological polar surface area (TPSA) is 63.2 Å². The number of rotatable bonds is 4. The lowest BCUT2D eigenvalue weighted by Gasteiger charge is -2.24. The van der Waals surface area contributed by atoms with Gasteiger partial charge in [0.2, 0.25) is 5.91 Å². The van der Waals surface area contributed by atoms with Crippen LogP contribution in [0.2, 0.25) is 0 Å². The predicted octanol–water partition coefficient (Wildman–Crippen LogP) is 2.44. The Balaban J connectivity index is 2.10. The SMILES string of the molecule is CC(C(=O)NC1CCCCC1)S(=O)(=O)c1cccc(F)c1. The fraction of sp³-hybridized carbons (Fsp3) is 0.533. The third-order valence-corrected chi connectivity index (χ3v) is 5.97. The molecule has 4 nitrogen and oxygen atoms in total. The summed E-state index contributed by atoms with van der Waals surface area (Å²) in [6.45, 7) is 1.35. The number of hydrogen-bond donors (Lipinski definition) is 1. The second kappa shape index (κ2) is 6.56. The van der Waals surface area contributed by atoms with Crippen molar-refractivity contribution in [1.29, 1.82) is 0 Å². The van der Waals surface area contributed by atoms with E-state index in [-0.39, 0.29) is 10.9 Å². The molecule has 0 radical (unpaired) electrons. The monoisotopic (exact) mass is 313 g/mol. The third-order valence-electron chi connectivity index (χ3n) is 3.91. The third kappa shape index (κ3) is 3.81. The van der Waals surface area contributed by atoms with Gasteiger partial charge in [-0.25, -0.2) is 12.8 Å². The first-order chi connectivity index (χ1) is 9.91. The molecule has 0 heterocycles. The number of amides is 1. The van der Waals surface area contributed by atoms with Gasteiger partial charge in [0.15, 0.2) is 9.84 Å². The Morgan fingerprint density at radius 1 is 1.29 bits per heavy atom. The zero-order valence-corrected chi connectivity index (χ0v) is 12.8. The van der Waals surface area contributed by atoms with Crippen molar-refractivity contribution in [3.05, 3.63) is 30.1 Å². The lowest BCUT2D eigenvalue weighted by atomic mass is 9.95. The molecule has 1 unspecified atom stereocenters. The minimum atomic E-state index is -3.86. The Bertz CT molecular complexity index is 609. The van der Waals surface area contributed by atoms with Gasteiger partial charge in [-0.1, -0.05) is 25.3 Å². The summed E-state index contributed by atoms with van der Waals surface area (Å²) < 4.78 is 37.8. The van der Waals surface area contributed by atoms with Crippen molar-refractivity contribution < 1.29 is 17.6 Å². The summed E-state index contributed by atoms with van der Waals surface area (Å²) in [6, 6.07) is 4.80. The molecule has 2 rings (SSSR count). The smallest absolute Gasteiger partial charge is 0.238 e. The molecule has 21 heavy (non-hydrogen) atoms. The average Bonchev–Trinajstić information content (AvgIpc) is 2.47. The van der Waals surface area contributed by atoms with Gasteiger partial charge < -0.3 is 5.32 Å². The van der Waals surface area contributed by atoms with E-state index >= 15 is 0 Å². The van der Waals surface area contributed by atoms with E-state index in [1.807, 2.05) is 0 Å². The first kappa shape index (κ1) is 15.9. The normalized spacial score (nSPS) is 18.2. The van der Waals surface area contributed by atoms with E-state index in [9.17, 15) is 17.6 Å². The summed E-state index contributed by atoms with van der Waals surface area (Å²) in [6.07, 6.45) is 5.03. The number of sulfone groups is 1. The molecule has 0 aliphatic heterocycles. The van der Waals surface area contributed by atoms with E-state index in [0.717, 1.165) is 38.2 Å². The number of carbonyl (C=O) groups is 1. The van der Waals surface area contributed by atoms with Crippen LogP contribution in [-0.2, 0) is 14.6 Å². The Morgan fingerprint density at radius 2 is 1.95 bits per heavy atom. The van der Waals surface area contributed by atoms with Crippen molar-refractivity contribution in [2.24, 2.45) is 0 Å². The standard InChI is InChI=1S/C15H20FNO3S/c1-11(15(18)17-13-7-3-2-4-8-13)21(19,20)14-9-5-6-12(16)10-14/h5-6,9-11,13H,2-4,7-8H2,1H3,(H,17,18). The van der Waals surface area contributed by atoms with Gasteiger partial charge >= 0.3 is 0 Å². The molecule has 116 valence electrons. The van der Waals surface area contributed by atoms with E-state index in [4.69, 9.17) is 0 Å². The summed E-state index contributed by atoms with van der Waals surface area (Å²) in [7, 11) is -3.86. The predicted molar refractivity (Wildman–Crippen MR) is 78.1 cm³/mol. The van der Waals surface area contributed by atoms with Crippen molar-refractivity contribution in [3.8, 4) is 0 Å². The number of hydrogen-bond acceptors (Lipinski definition) is 3. The highest BCUT2D eigenvalue weighted by molar-refractivity contribution is 7.92. The molecule has 1 aromatic carbocycles. The van der Waals surface area contributed by atoms with Gasteiger partial charge in [-0.05, 0) is 38.0 Å². The van der Waals surface area contributed by atoms with Crippen LogP contribution in [0.4, 0.5) is 4.39 Å². The summed E-state index contributed by atoms with van der Waals surface area (Å²) >= 11 is 0. The highest BCUT2D eigenvalue weighted by Gasteiger charge is 2.31. The van der Waals surface area contributed by atoms with Crippen molar-refractivity contribution in [3.63, 3.8) is 0 Å². The van der Waals surface area contributed by atoms with E-state index in [1.165, 1.54) is 25.1 Å². The molecular formula is C15H20FNO3S. The van der Waals surface area contributed by atoms with Crippen LogP contribution in [0.3, 0.4) is 0 Å². The van der Waals surface area contributed by atoms with Gasteiger partial charge in [0.1, 0.15) is 11.1 Å². The molecule has 1 N–H and O–H groups in total. The first-order valence-corrected chi connectivity index (χ1v) is 8.76. The number of nitrogens with one attached hydrogen (secondary N) is 1.